The van der Waals surface area contributed by atoms with Crippen LogP contribution in [-0.2, 0) is 13.1 Å². The Kier molecular flexibility index (Phi) is 4.33. The summed E-state index contributed by atoms with van der Waals surface area (Å²) >= 11 is 3.54. The smallest absolute Gasteiger partial charge is 0.0325 e. The predicted molar refractivity (Wildman–Crippen MR) is 78.0 cm³/mol. The Balaban J connectivity index is 2.01. The first kappa shape index (κ1) is 13.1. The monoisotopic (exact) mass is 305 g/mol. The number of nitrogens with zero attached hydrogens (tertiary/aromatic N) is 2. The maximum absolute atomic E-state index is 5.73. The molecule has 1 aromatic heterocycles. The van der Waals surface area contributed by atoms with E-state index in [-0.39, 0.29) is 0 Å². The Morgan fingerprint density at radius 2 is 1.89 bits per heavy atom. The fourth-order valence-electron chi connectivity index (χ4n) is 1.84. The number of benzene rings is 1. The topological polar surface area (TPSA) is 42.2 Å². The SMILES string of the molecule is CN(Cc1ccncc1)Cc1ccc(N)cc1Br. The molecule has 0 aliphatic rings. The van der Waals surface area contributed by atoms with Crippen LogP contribution in [0.25, 0.3) is 0 Å². The molecule has 0 atom stereocenters. The number of hydrogen-bond acceptors (Lipinski definition) is 3. The maximum Gasteiger partial charge on any atom is 0.0325 e. The molecule has 0 aliphatic heterocycles. The van der Waals surface area contributed by atoms with Crippen LogP contribution in [0.5, 0.6) is 0 Å². The van der Waals surface area contributed by atoms with Gasteiger partial charge in [0.25, 0.3) is 0 Å². The van der Waals surface area contributed by atoms with E-state index in [1.54, 1.807) is 0 Å². The van der Waals surface area contributed by atoms with Crippen LogP contribution in [-0.4, -0.2) is 16.9 Å². The van der Waals surface area contributed by atoms with Crippen LogP contribution in [0.4, 0.5) is 5.69 Å². The average Bonchev–Trinajstić information content (AvgIpc) is 2.34. The van der Waals surface area contributed by atoms with Crippen molar-refractivity contribution >= 4 is 21.6 Å². The number of hydrogen-bond donors (Lipinski definition) is 1. The number of nitrogen functional groups attached to an aromatic ring is 1. The fraction of sp³-hybridized carbons (Fsp3) is 0.214. The van der Waals surface area contributed by atoms with Crippen molar-refractivity contribution in [3.8, 4) is 0 Å². The van der Waals surface area contributed by atoms with Gasteiger partial charge in [-0.05, 0) is 42.4 Å². The van der Waals surface area contributed by atoms with E-state index >= 15 is 0 Å². The molecule has 0 bridgehead atoms. The highest BCUT2D eigenvalue weighted by molar-refractivity contribution is 9.10. The number of pyridine rings is 1. The molecule has 0 saturated heterocycles. The van der Waals surface area contributed by atoms with Crippen LogP contribution in [0.15, 0.2) is 47.2 Å². The lowest BCUT2D eigenvalue weighted by molar-refractivity contribution is 0.318. The van der Waals surface area contributed by atoms with Gasteiger partial charge in [-0.3, -0.25) is 9.88 Å². The lowest BCUT2D eigenvalue weighted by Gasteiger charge is -2.17. The van der Waals surface area contributed by atoms with Crippen molar-refractivity contribution in [3.05, 3.63) is 58.3 Å². The fourth-order valence-corrected chi connectivity index (χ4v) is 2.36. The summed E-state index contributed by atoms with van der Waals surface area (Å²) < 4.78 is 1.06. The highest BCUT2D eigenvalue weighted by Crippen LogP contribution is 2.21. The second-order valence-electron chi connectivity index (χ2n) is 4.38. The number of nitrogens with two attached hydrogens (primary N) is 1. The Bertz CT molecular complexity index is 514. The number of anilines is 1. The molecular formula is C14H16BrN3. The number of aromatic nitrogens is 1. The molecule has 0 fully saturated rings. The zero-order valence-electron chi connectivity index (χ0n) is 10.3. The quantitative estimate of drug-likeness (QED) is 0.883. The van der Waals surface area contributed by atoms with E-state index in [9.17, 15) is 0 Å². The molecule has 2 rings (SSSR count). The Labute approximate surface area is 116 Å². The zero-order valence-corrected chi connectivity index (χ0v) is 11.9. The summed E-state index contributed by atoms with van der Waals surface area (Å²) in [5, 5.41) is 0. The summed E-state index contributed by atoms with van der Waals surface area (Å²) in [5.74, 6) is 0. The van der Waals surface area contributed by atoms with E-state index in [2.05, 4.69) is 38.9 Å². The minimum absolute atomic E-state index is 0.780. The van der Waals surface area contributed by atoms with Gasteiger partial charge in [0, 0.05) is 35.6 Å². The van der Waals surface area contributed by atoms with Gasteiger partial charge >= 0.3 is 0 Å². The molecule has 1 heterocycles. The zero-order chi connectivity index (χ0) is 13.0. The van der Waals surface area contributed by atoms with Crippen LogP contribution < -0.4 is 5.73 Å². The minimum atomic E-state index is 0.780. The lowest BCUT2D eigenvalue weighted by atomic mass is 10.2. The number of halogens is 1. The van der Waals surface area contributed by atoms with Gasteiger partial charge in [-0.15, -0.1) is 0 Å². The molecule has 18 heavy (non-hydrogen) atoms. The first-order chi connectivity index (χ1) is 8.65. The van der Waals surface area contributed by atoms with Crippen molar-refractivity contribution in [2.75, 3.05) is 12.8 Å². The van der Waals surface area contributed by atoms with E-state index in [0.29, 0.717) is 0 Å². The summed E-state index contributed by atoms with van der Waals surface area (Å²) in [4.78, 5) is 6.28. The van der Waals surface area contributed by atoms with Gasteiger partial charge in [0.2, 0.25) is 0 Å². The second kappa shape index (κ2) is 5.98. The molecule has 1 aromatic carbocycles. The summed E-state index contributed by atoms with van der Waals surface area (Å²) in [6.45, 7) is 1.78. The van der Waals surface area contributed by atoms with Gasteiger partial charge < -0.3 is 5.73 Å². The van der Waals surface area contributed by atoms with Gasteiger partial charge in [0.05, 0.1) is 0 Å². The highest BCUT2D eigenvalue weighted by atomic mass is 79.9. The summed E-state index contributed by atoms with van der Waals surface area (Å²) in [7, 11) is 2.10. The first-order valence-corrected chi connectivity index (χ1v) is 6.56. The molecule has 2 aromatic rings. The Morgan fingerprint density at radius 1 is 1.17 bits per heavy atom. The molecule has 4 heteroatoms. The number of rotatable bonds is 4. The summed E-state index contributed by atoms with van der Waals surface area (Å²) in [6.07, 6.45) is 3.64. The Morgan fingerprint density at radius 3 is 2.56 bits per heavy atom. The second-order valence-corrected chi connectivity index (χ2v) is 5.23. The largest absolute Gasteiger partial charge is 0.399 e. The van der Waals surface area contributed by atoms with E-state index in [1.807, 2.05) is 36.7 Å². The van der Waals surface area contributed by atoms with Crippen LogP contribution in [0.2, 0.25) is 0 Å². The minimum Gasteiger partial charge on any atom is -0.399 e. The van der Waals surface area contributed by atoms with Crippen molar-refractivity contribution in [2.45, 2.75) is 13.1 Å². The molecule has 0 aliphatic carbocycles. The van der Waals surface area contributed by atoms with E-state index in [1.165, 1.54) is 11.1 Å². The van der Waals surface area contributed by atoms with Crippen LogP contribution >= 0.6 is 15.9 Å². The molecular weight excluding hydrogens is 290 g/mol. The van der Waals surface area contributed by atoms with Crippen LogP contribution in [0.1, 0.15) is 11.1 Å². The predicted octanol–water partition coefficient (Wildman–Crippen LogP) is 3.06. The molecule has 3 nitrogen and oxygen atoms in total. The van der Waals surface area contributed by atoms with Crippen molar-refractivity contribution < 1.29 is 0 Å². The van der Waals surface area contributed by atoms with Crippen molar-refractivity contribution in [2.24, 2.45) is 0 Å². The van der Waals surface area contributed by atoms with E-state index in [4.69, 9.17) is 5.73 Å². The maximum atomic E-state index is 5.73. The van der Waals surface area contributed by atoms with Gasteiger partial charge in [-0.1, -0.05) is 22.0 Å². The third-order valence-corrected chi connectivity index (χ3v) is 3.46. The Hall–Kier alpha value is -1.39. The van der Waals surface area contributed by atoms with Crippen molar-refractivity contribution in [1.29, 1.82) is 0 Å². The molecule has 2 N–H and O–H groups in total. The molecule has 94 valence electrons. The third-order valence-electron chi connectivity index (χ3n) is 2.72. The standard InChI is InChI=1S/C14H16BrN3/c1-18(9-11-4-6-17-7-5-11)10-12-2-3-13(16)8-14(12)15/h2-8H,9-10,16H2,1H3. The molecule has 0 amide bonds. The van der Waals surface area contributed by atoms with Crippen molar-refractivity contribution in [3.63, 3.8) is 0 Å². The van der Waals surface area contributed by atoms with Gasteiger partial charge in [0.15, 0.2) is 0 Å². The van der Waals surface area contributed by atoms with Crippen LogP contribution in [0.3, 0.4) is 0 Å². The highest BCUT2D eigenvalue weighted by Gasteiger charge is 2.05. The van der Waals surface area contributed by atoms with Crippen LogP contribution in [0, 0.1) is 0 Å². The lowest BCUT2D eigenvalue weighted by Crippen LogP contribution is -2.17. The van der Waals surface area contributed by atoms with E-state index < -0.39 is 0 Å². The third kappa shape index (κ3) is 3.55. The molecule has 0 unspecified atom stereocenters. The molecule has 0 radical (unpaired) electrons. The molecule has 0 saturated carbocycles. The van der Waals surface area contributed by atoms with Crippen molar-refractivity contribution in [1.82, 2.24) is 9.88 Å². The normalized spacial score (nSPS) is 10.8. The molecule has 0 spiro atoms. The van der Waals surface area contributed by atoms with Gasteiger partial charge in [-0.2, -0.15) is 0 Å². The summed E-state index contributed by atoms with van der Waals surface area (Å²) in [5.41, 5.74) is 9.01. The van der Waals surface area contributed by atoms with E-state index in [0.717, 1.165) is 23.2 Å². The average molecular weight is 306 g/mol. The first-order valence-electron chi connectivity index (χ1n) is 5.76. The van der Waals surface area contributed by atoms with Gasteiger partial charge in [-0.25, -0.2) is 0 Å². The summed E-state index contributed by atoms with van der Waals surface area (Å²) in [6, 6.07) is 10.0. The van der Waals surface area contributed by atoms with Gasteiger partial charge in [0.1, 0.15) is 0 Å².